The number of aryl methyl sites for hydroxylation is 1. The Bertz CT molecular complexity index is 977. The lowest BCUT2D eigenvalue weighted by molar-refractivity contribution is -0.117. The van der Waals surface area contributed by atoms with Gasteiger partial charge in [0.2, 0.25) is 11.8 Å². The number of nitrogens with one attached hydrogen (secondary N) is 1. The predicted molar refractivity (Wildman–Crippen MR) is 100 cm³/mol. The molecule has 5 nitrogen and oxygen atoms in total. The van der Waals surface area contributed by atoms with Gasteiger partial charge < -0.3 is 9.73 Å². The topological polar surface area (TPSA) is 60.1 Å². The number of carbonyl (C=O) groups is 1. The molecule has 2 aromatic carbocycles. The molecule has 7 heteroatoms. The molecule has 0 fully saturated rings. The number of rotatable bonds is 4. The molecule has 1 aromatic heterocycles. The van der Waals surface area contributed by atoms with E-state index in [0.29, 0.717) is 16.6 Å². The molecular weight excluding hydrogens is 358 g/mol. The van der Waals surface area contributed by atoms with E-state index in [-0.39, 0.29) is 17.3 Å². The molecule has 1 heterocycles. The number of halogens is 1. The van der Waals surface area contributed by atoms with E-state index in [1.165, 1.54) is 4.68 Å². The lowest BCUT2D eigenvalue weighted by atomic mass is 10.1. The van der Waals surface area contributed by atoms with Crippen molar-refractivity contribution in [1.29, 1.82) is 0 Å². The molecule has 0 aliphatic rings. The van der Waals surface area contributed by atoms with Gasteiger partial charge in [-0.1, -0.05) is 35.4 Å². The molecule has 0 aliphatic carbocycles. The number of hydrogen-bond donors (Lipinski definition) is 1. The van der Waals surface area contributed by atoms with Crippen LogP contribution in [-0.4, -0.2) is 15.7 Å². The Kier molecular flexibility index (Phi) is 5.01. The summed E-state index contributed by atoms with van der Waals surface area (Å²) in [6, 6.07) is 13.1. The lowest BCUT2D eigenvalue weighted by Crippen LogP contribution is -2.20. The van der Waals surface area contributed by atoms with Crippen molar-refractivity contribution in [1.82, 2.24) is 9.78 Å². The average molecular weight is 374 g/mol. The van der Waals surface area contributed by atoms with Crippen LogP contribution < -0.4 is 5.32 Å². The van der Waals surface area contributed by atoms with E-state index in [0.717, 1.165) is 16.7 Å². The Morgan fingerprint density at radius 3 is 2.68 bits per heavy atom. The fraction of sp³-hybridized carbons (Fsp3) is 0.167. The number of nitrogens with zero attached hydrogens (tertiary/aromatic N) is 2. The van der Waals surface area contributed by atoms with E-state index < -0.39 is 0 Å². The molecule has 25 heavy (non-hydrogen) atoms. The molecule has 0 aliphatic heterocycles. The monoisotopic (exact) mass is 373 g/mol. The van der Waals surface area contributed by atoms with E-state index >= 15 is 0 Å². The zero-order chi connectivity index (χ0) is 18.0. The maximum absolute atomic E-state index is 12.3. The molecule has 1 N–H and O–H groups in total. The molecule has 3 rings (SSSR count). The van der Waals surface area contributed by atoms with Gasteiger partial charge in [-0.25, -0.2) is 4.68 Å². The lowest BCUT2D eigenvalue weighted by Gasteiger charge is -2.09. The number of carbonyl (C=O) groups excluding carboxylic acids is 1. The molecular formula is C18H16ClN3O2S. The number of aromatic nitrogens is 2. The molecule has 3 aromatic rings. The van der Waals surface area contributed by atoms with Gasteiger partial charge in [-0.05, 0) is 55.9 Å². The van der Waals surface area contributed by atoms with Gasteiger partial charge in [0, 0.05) is 16.3 Å². The number of benzene rings is 2. The Labute approximate surface area is 155 Å². The summed E-state index contributed by atoms with van der Waals surface area (Å²) in [5, 5.41) is 7.70. The van der Waals surface area contributed by atoms with Crippen LogP contribution in [0.5, 0.6) is 0 Å². The normalized spacial score (nSPS) is 10.7. The van der Waals surface area contributed by atoms with Crippen molar-refractivity contribution in [2.24, 2.45) is 0 Å². The Hall–Kier alpha value is -2.44. The van der Waals surface area contributed by atoms with Crippen molar-refractivity contribution in [3.63, 3.8) is 0 Å². The molecule has 0 saturated carbocycles. The Morgan fingerprint density at radius 1 is 1.24 bits per heavy atom. The SMILES string of the molecule is Cc1ccc(-c2nn(CC(=O)Nc3cccc(Cl)c3C)c(=S)o2)cc1. The van der Waals surface area contributed by atoms with E-state index in [4.69, 9.17) is 28.2 Å². The summed E-state index contributed by atoms with van der Waals surface area (Å²) in [6.45, 7) is 3.80. The van der Waals surface area contributed by atoms with E-state index in [9.17, 15) is 4.79 Å². The minimum atomic E-state index is -0.259. The van der Waals surface area contributed by atoms with Crippen molar-refractivity contribution >= 4 is 35.4 Å². The number of hydrogen-bond acceptors (Lipinski definition) is 4. The second kappa shape index (κ2) is 7.21. The highest BCUT2D eigenvalue weighted by Crippen LogP contribution is 2.23. The van der Waals surface area contributed by atoms with Crippen LogP contribution in [-0.2, 0) is 11.3 Å². The van der Waals surface area contributed by atoms with Gasteiger partial charge in [0.05, 0.1) is 0 Å². The third-order valence-electron chi connectivity index (χ3n) is 3.74. The summed E-state index contributed by atoms with van der Waals surface area (Å²) in [6.07, 6.45) is 0. The first-order valence-corrected chi connectivity index (χ1v) is 8.42. The second-order valence-corrected chi connectivity index (χ2v) is 6.41. The first kappa shape index (κ1) is 17.4. The van der Waals surface area contributed by atoms with E-state index in [1.54, 1.807) is 18.2 Å². The molecule has 0 atom stereocenters. The second-order valence-electron chi connectivity index (χ2n) is 5.66. The average Bonchev–Trinajstić information content (AvgIpc) is 2.93. The first-order chi connectivity index (χ1) is 11.9. The maximum Gasteiger partial charge on any atom is 0.287 e. The maximum atomic E-state index is 12.3. The molecule has 0 spiro atoms. The van der Waals surface area contributed by atoms with Gasteiger partial charge in [-0.15, -0.1) is 5.10 Å². The van der Waals surface area contributed by atoms with E-state index in [2.05, 4.69) is 10.4 Å². The van der Waals surface area contributed by atoms with Gasteiger partial charge >= 0.3 is 0 Å². The van der Waals surface area contributed by atoms with E-state index in [1.807, 2.05) is 38.1 Å². The fourth-order valence-electron chi connectivity index (χ4n) is 2.29. The fourth-order valence-corrected chi connectivity index (χ4v) is 2.65. The highest BCUT2D eigenvalue weighted by Gasteiger charge is 2.12. The van der Waals surface area contributed by atoms with Crippen molar-refractivity contribution in [3.8, 4) is 11.5 Å². The quantitative estimate of drug-likeness (QED) is 0.668. The predicted octanol–water partition coefficient (Wildman–Crippen LogP) is 4.78. The Morgan fingerprint density at radius 2 is 1.96 bits per heavy atom. The van der Waals surface area contributed by atoms with Crippen LogP contribution >= 0.6 is 23.8 Å². The summed E-state index contributed by atoms with van der Waals surface area (Å²) >= 11 is 11.2. The smallest absolute Gasteiger partial charge is 0.287 e. The zero-order valence-corrected chi connectivity index (χ0v) is 15.3. The number of anilines is 1. The molecule has 1 amide bonds. The zero-order valence-electron chi connectivity index (χ0n) is 13.7. The largest absolute Gasteiger partial charge is 0.409 e. The van der Waals surface area contributed by atoms with Crippen molar-refractivity contribution in [2.75, 3.05) is 5.32 Å². The van der Waals surface area contributed by atoms with Crippen LogP contribution in [0.15, 0.2) is 46.9 Å². The van der Waals surface area contributed by atoms with Crippen LogP contribution in [0.4, 0.5) is 5.69 Å². The summed E-state index contributed by atoms with van der Waals surface area (Å²) < 4.78 is 6.86. The summed E-state index contributed by atoms with van der Waals surface area (Å²) in [5.74, 6) is 0.127. The van der Waals surface area contributed by atoms with Crippen LogP contribution in [0.25, 0.3) is 11.5 Å². The molecule has 0 unspecified atom stereocenters. The summed E-state index contributed by atoms with van der Waals surface area (Å²) in [7, 11) is 0. The molecule has 0 saturated heterocycles. The van der Waals surface area contributed by atoms with Crippen LogP contribution in [0.2, 0.25) is 5.02 Å². The van der Waals surface area contributed by atoms with Gasteiger partial charge in [0.1, 0.15) is 6.54 Å². The molecule has 0 radical (unpaired) electrons. The van der Waals surface area contributed by atoms with Gasteiger partial charge in [-0.3, -0.25) is 4.79 Å². The van der Waals surface area contributed by atoms with Crippen LogP contribution in [0, 0.1) is 18.7 Å². The van der Waals surface area contributed by atoms with Crippen molar-refractivity contribution in [2.45, 2.75) is 20.4 Å². The third kappa shape index (κ3) is 3.97. The van der Waals surface area contributed by atoms with Gasteiger partial charge in [-0.2, -0.15) is 0 Å². The summed E-state index contributed by atoms with van der Waals surface area (Å²) in [4.78, 5) is 12.4. The Balaban J connectivity index is 1.77. The van der Waals surface area contributed by atoms with Crippen LogP contribution in [0.3, 0.4) is 0 Å². The van der Waals surface area contributed by atoms with Crippen molar-refractivity contribution < 1.29 is 9.21 Å². The van der Waals surface area contributed by atoms with Gasteiger partial charge in [0.15, 0.2) is 0 Å². The third-order valence-corrected chi connectivity index (χ3v) is 4.44. The highest BCUT2D eigenvalue weighted by atomic mass is 35.5. The van der Waals surface area contributed by atoms with Crippen molar-refractivity contribution in [3.05, 3.63) is 63.5 Å². The highest BCUT2D eigenvalue weighted by molar-refractivity contribution is 7.71. The summed E-state index contributed by atoms with van der Waals surface area (Å²) in [5.41, 5.74) is 3.41. The van der Waals surface area contributed by atoms with Crippen LogP contribution in [0.1, 0.15) is 11.1 Å². The number of amides is 1. The minimum absolute atomic E-state index is 0.0415. The van der Waals surface area contributed by atoms with Gasteiger partial charge in [0.25, 0.3) is 4.84 Å². The first-order valence-electron chi connectivity index (χ1n) is 7.64. The standard InChI is InChI=1S/C18H16ClN3O2S/c1-11-6-8-13(9-7-11)17-21-22(18(25)24-17)10-16(23)20-15-5-3-4-14(19)12(15)2/h3-9H,10H2,1-2H3,(H,20,23). The molecule has 128 valence electrons. The minimum Gasteiger partial charge on any atom is -0.409 e. The molecule has 0 bridgehead atoms.